The number of fused-ring (bicyclic) bond motifs is 3. The molecule has 0 saturated heterocycles. The fourth-order valence-electron chi connectivity index (χ4n) is 4.21. The summed E-state index contributed by atoms with van der Waals surface area (Å²) in [6, 6.07) is 24.6. The van der Waals surface area contributed by atoms with Crippen LogP contribution in [0.2, 0.25) is 0 Å². The number of rotatable bonds is 1. The Balaban J connectivity index is 0.000000260. The second-order valence-electron chi connectivity index (χ2n) is 9.48. The number of benzene rings is 3. The van der Waals surface area contributed by atoms with Crippen LogP contribution in [0.15, 0.2) is 84.0 Å². The molecule has 2 aliphatic rings. The Morgan fingerprint density at radius 3 is 2.11 bits per heavy atom. The van der Waals surface area contributed by atoms with Gasteiger partial charge in [-0.3, -0.25) is 6.08 Å². The number of hydrogen-bond acceptors (Lipinski definition) is 0. The predicted molar refractivity (Wildman–Crippen MR) is 134 cm³/mol. The average Bonchev–Trinajstić information content (AvgIpc) is 3.34. The van der Waals surface area contributed by atoms with E-state index >= 15 is 0 Å². The second kappa shape index (κ2) is 14.2. The zero-order valence-corrected chi connectivity index (χ0v) is 24.9. The summed E-state index contributed by atoms with van der Waals surface area (Å²) >= 11 is 1.34. The summed E-state index contributed by atoms with van der Waals surface area (Å²) in [5, 5.41) is 0. The molecular formula is C31H31Cl2FZr-2. The van der Waals surface area contributed by atoms with E-state index < -0.39 is 0 Å². The van der Waals surface area contributed by atoms with Crippen LogP contribution in [0.25, 0.3) is 11.1 Å². The maximum atomic E-state index is 12.2. The van der Waals surface area contributed by atoms with Crippen molar-refractivity contribution >= 4 is 3.71 Å². The van der Waals surface area contributed by atoms with Crippen LogP contribution < -0.4 is 24.8 Å². The van der Waals surface area contributed by atoms with Crippen LogP contribution in [0, 0.1) is 29.3 Å². The summed E-state index contributed by atoms with van der Waals surface area (Å²) in [4.78, 5) is 0. The second-order valence-corrected chi connectivity index (χ2v) is 10.2. The van der Waals surface area contributed by atoms with E-state index in [1.54, 1.807) is 12.1 Å². The van der Waals surface area contributed by atoms with Crippen LogP contribution in [0.1, 0.15) is 51.3 Å². The molecule has 0 aliphatic heterocycles. The smallest absolute Gasteiger partial charge is 0.0253 e. The van der Waals surface area contributed by atoms with E-state index in [9.17, 15) is 4.39 Å². The molecule has 3 aromatic rings. The van der Waals surface area contributed by atoms with E-state index in [2.05, 4.69) is 89.2 Å². The Hall–Kier alpha value is -1.60. The van der Waals surface area contributed by atoms with Crippen molar-refractivity contribution < 1.29 is 53.4 Å². The van der Waals surface area contributed by atoms with E-state index in [0.29, 0.717) is 11.3 Å². The standard InChI is InChI=1S/C13H9.C11H17.C7H5F.2ClH.Zr/c1-3-7-12-10(5-1)9-11-6-2-4-8-13(11)12;1-8-6-9(2)10(7-8)11(3,4)5;1-6-2-4-7(8)5-3-6;;;/h1-5,7-8H,9H2;7-8H,1-5H3;1-5H;2*1H;/q2*-1;;;;+2/p-2. The first-order chi connectivity index (χ1) is 15.7. The van der Waals surface area contributed by atoms with Crippen LogP contribution in [0.5, 0.6) is 0 Å². The summed E-state index contributed by atoms with van der Waals surface area (Å²) in [5.74, 6) is 0.348. The zero-order valence-electron chi connectivity index (χ0n) is 20.9. The van der Waals surface area contributed by atoms with Crippen molar-refractivity contribution in [3.8, 4) is 11.1 Å². The molecule has 4 heteroatoms. The van der Waals surface area contributed by atoms with E-state index in [1.165, 1.54) is 69.8 Å². The maximum Gasteiger partial charge on any atom is -0.0253 e. The molecule has 2 aliphatic carbocycles. The molecule has 0 amide bonds. The van der Waals surface area contributed by atoms with Crippen LogP contribution in [0.4, 0.5) is 4.39 Å². The molecule has 35 heavy (non-hydrogen) atoms. The normalized spacial score (nSPS) is 14.8. The third-order valence-electron chi connectivity index (χ3n) is 5.73. The van der Waals surface area contributed by atoms with Crippen molar-refractivity contribution in [1.29, 1.82) is 0 Å². The summed E-state index contributed by atoms with van der Waals surface area (Å²) in [6.45, 7) is 11.1. The molecule has 0 saturated carbocycles. The molecule has 5 rings (SSSR count). The molecule has 0 aromatic heterocycles. The van der Waals surface area contributed by atoms with Crippen molar-refractivity contribution in [2.45, 2.75) is 41.0 Å². The third-order valence-corrected chi connectivity index (χ3v) is 6.55. The molecule has 0 nitrogen and oxygen atoms in total. The van der Waals surface area contributed by atoms with Crippen molar-refractivity contribution in [2.24, 2.45) is 11.3 Å². The molecule has 0 N–H and O–H groups in total. The van der Waals surface area contributed by atoms with Gasteiger partial charge in [-0.2, -0.15) is 41.5 Å². The maximum absolute atomic E-state index is 12.2. The first-order valence-electron chi connectivity index (χ1n) is 11.4. The average molecular weight is 585 g/mol. The van der Waals surface area contributed by atoms with E-state index in [4.69, 9.17) is 0 Å². The van der Waals surface area contributed by atoms with Crippen molar-refractivity contribution in [2.75, 3.05) is 0 Å². The molecule has 0 fully saturated rings. The fourth-order valence-corrected chi connectivity index (χ4v) is 4.68. The van der Waals surface area contributed by atoms with Crippen LogP contribution in [-0.4, -0.2) is 3.71 Å². The molecule has 0 radical (unpaired) electrons. The Labute approximate surface area is 237 Å². The molecule has 0 spiro atoms. The summed E-state index contributed by atoms with van der Waals surface area (Å²) in [7, 11) is 0. The van der Waals surface area contributed by atoms with Gasteiger partial charge in [0.25, 0.3) is 0 Å². The molecule has 0 heterocycles. The van der Waals surface area contributed by atoms with Gasteiger partial charge in [0.2, 0.25) is 0 Å². The van der Waals surface area contributed by atoms with Gasteiger partial charge >= 0.3 is 68.0 Å². The predicted octanol–water partition coefficient (Wildman–Crippen LogP) is 1.95. The monoisotopic (exact) mass is 582 g/mol. The van der Waals surface area contributed by atoms with Gasteiger partial charge in [0.05, 0.1) is 0 Å². The third kappa shape index (κ3) is 8.78. The Bertz CT molecular complexity index is 1130. The van der Waals surface area contributed by atoms with Gasteiger partial charge in [0.1, 0.15) is 0 Å². The number of halogens is 3. The fraction of sp³-hybridized carbons (Fsp3) is 0.258. The largest absolute Gasteiger partial charge is 1.00 e. The quantitative estimate of drug-likeness (QED) is 0.300. The molecule has 0 bridgehead atoms. The van der Waals surface area contributed by atoms with Crippen LogP contribution in [0.3, 0.4) is 0 Å². The van der Waals surface area contributed by atoms with Gasteiger partial charge in [-0.25, -0.2) is 5.57 Å². The van der Waals surface area contributed by atoms with Gasteiger partial charge in [0.15, 0.2) is 0 Å². The first-order valence-corrected chi connectivity index (χ1v) is 12.8. The van der Waals surface area contributed by atoms with E-state index in [-0.39, 0.29) is 30.6 Å². The summed E-state index contributed by atoms with van der Waals surface area (Å²) in [6.07, 6.45) is 6.76. The van der Waals surface area contributed by atoms with Crippen molar-refractivity contribution in [1.82, 2.24) is 0 Å². The Morgan fingerprint density at radius 1 is 0.943 bits per heavy atom. The molecule has 3 aromatic carbocycles. The minimum absolute atomic E-state index is 0. The minimum Gasteiger partial charge on any atom is -1.00 e. The SMILES string of the molecule is CC1=[C-]C(C)C=C1C(C)(C)C.Fc1ccc([CH]=[Zr+2])cc1.[Cl-].[Cl-].[c-]1cccc2c1Cc1ccccc1-2. The molecule has 182 valence electrons. The Kier molecular flexibility index (Phi) is 12.8. The molecule has 1 unspecified atom stereocenters. The molecule has 1 atom stereocenters. The zero-order chi connectivity index (χ0) is 24.0. The van der Waals surface area contributed by atoms with Gasteiger partial charge in [-0.15, -0.1) is 5.56 Å². The van der Waals surface area contributed by atoms with Gasteiger partial charge in [-0.1, -0.05) is 81.3 Å². The topological polar surface area (TPSA) is 0 Å². The van der Waals surface area contributed by atoms with E-state index in [0.717, 1.165) is 12.0 Å². The number of hydrogen-bond donors (Lipinski definition) is 0. The summed E-state index contributed by atoms with van der Waals surface area (Å²) < 4.78 is 14.2. The van der Waals surface area contributed by atoms with Gasteiger partial charge in [-0.05, 0) is 6.42 Å². The molecular weight excluding hydrogens is 553 g/mol. The van der Waals surface area contributed by atoms with E-state index in [1.807, 2.05) is 9.78 Å². The van der Waals surface area contributed by atoms with Crippen molar-refractivity contribution in [3.63, 3.8) is 0 Å². The van der Waals surface area contributed by atoms with Crippen LogP contribution >= 0.6 is 0 Å². The Morgan fingerprint density at radius 2 is 1.57 bits per heavy atom. The van der Waals surface area contributed by atoms with Gasteiger partial charge in [0, 0.05) is 0 Å². The van der Waals surface area contributed by atoms with Gasteiger partial charge < -0.3 is 24.8 Å². The minimum atomic E-state index is -0.170. The summed E-state index contributed by atoms with van der Waals surface area (Å²) in [5.41, 5.74) is 9.70. The first kappa shape index (κ1) is 31.4. The van der Waals surface area contributed by atoms with Crippen LogP contribution in [-0.2, 0) is 30.7 Å². The number of allylic oxidation sites excluding steroid dienone is 4. The van der Waals surface area contributed by atoms with Crippen molar-refractivity contribution in [3.05, 3.63) is 119 Å².